The summed E-state index contributed by atoms with van der Waals surface area (Å²) in [6.07, 6.45) is 1.61. The minimum absolute atomic E-state index is 0.331. The number of carbonyl (C=O) groups excluding carboxylic acids is 1. The molecule has 0 aliphatic carbocycles. The highest BCUT2D eigenvalue weighted by Gasteiger charge is 2.31. The molecule has 1 N–H and O–H groups in total. The van der Waals surface area contributed by atoms with E-state index in [0.717, 1.165) is 38.1 Å². The molecule has 1 fully saturated rings. The third kappa shape index (κ3) is 3.97. The predicted octanol–water partition coefficient (Wildman–Crippen LogP) is 5.05. The number of fused-ring (bicyclic) bond motifs is 3. The molecule has 2 aliphatic rings. The van der Waals surface area contributed by atoms with Crippen LogP contribution in [0.1, 0.15) is 41.1 Å². The van der Waals surface area contributed by atoms with Crippen molar-refractivity contribution in [3.63, 3.8) is 0 Å². The van der Waals surface area contributed by atoms with Crippen LogP contribution in [-0.2, 0) is 17.4 Å². The largest absolute Gasteiger partial charge is 0.416 e. The molecule has 2 heterocycles. The zero-order chi connectivity index (χ0) is 19.7. The highest BCUT2D eigenvalue weighted by Crippen LogP contribution is 2.38. The van der Waals surface area contributed by atoms with Gasteiger partial charge in [-0.1, -0.05) is 18.2 Å². The third-order valence-corrected chi connectivity index (χ3v) is 5.45. The van der Waals surface area contributed by atoms with E-state index in [2.05, 4.69) is 16.3 Å². The summed E-state index contributed by atoms with van der Waals surface area (Å²) in [5.41, 5.74) is 2.93. The van der Waals surface area contributed by atoms with Crippen LogP contribution in [0.4, 0.5) is 18.9 Å². The first kappa shape index (κ1) is 18.7. The van der Waals surface area contributed by atoms with Crippen molar-refractivity contribution in [2.45, 2.75) is 31.5 Å². The van der Waals surface area contributed by atoms with E-state index in [1.807, 2.05) is 12.1 Å². The molecule has 0 bridgehead atoms. The van der Waals surface area contributed by atoms with Gasteiger partial charge in [-0.15, -0.1) is 0 Å². The zero-order valence-corrected chi connectivity index (χ0v) is 15.3. The van der Waals surface area contributed by atoms with Crippen LogP contribution in [0.2, 0.25) is 0 Å². The Morgan fingerprint density at radius 2 is 2.00 bits per heavy atom. The van der Waals surface area contributed by atoms with Crippen LogP contribution in [0.15, 0.2) is 48.5 Å². The number of hydrogen-bond acceptors (Lipinski definition) is 2. The van der Waals surface area contributed by atoms with Crippen LogP contribution in [0.3, 0.4) is 0 Å². The lowest BCUT2D eigenvalue weighted by Crippen LogP contribution is -2.30. The molecule has 146 valence electrons. The van der Waals surface area contributed by atoms with Crippen LogP contribution >= 0.6 is 0 Å². The van der Waals surface area contributed by atoms with Crippen molar-refractivity contribution in [2.75, 3.05) is 18.4 Å². The number of carbonyl (C=O) groups is 1. The second-order valence-electron chi connectivity index (χ2n) is 7.30. The molecule has 0 spiro atoms. The monoisotopic (exact) mass is 386 g/mol. The van der Waals surface area contributed by atoms with Gasteiger partial charge in [0, 0.05) is 24.4 Å². The van der Waals surface area contributed by atoms with Gasteiger partial charge in [-0.25, -0.2) is 0 Å². The Balaban J connectivity index is 1.46. The first-order valence-electron chi connectivity index (χ1n) is 9.43. The van der Waals surface area contributed by atoms with Crippen molar-refractivity contribution in [3.8, 4) is 0 Å². The summed E-state index contributed by atoms with van der Waals surface area (Å²) in [6.45, 7) is 2.21. The maximum atomic E-state index is 12.8. The molecule has 0 radical (unpaired) electrons. The van der Waals surface area contributed by atoms with E-state index >= 15 is 0 Å². The van der Waals surface area contributed by atoms with Crippen molar-refractivity contribution < 1.29 is 18.0 Å². The maximum Gasteiger partial charge on any atom is 0.416 e. The lowest BCUT2D eigenvalue weighted by atomic mass is 9.92. The van der Waals surface area contributed by atoms with E-state index in [1.165, 1.54) is 41.8 Å². The first-order chi connectivity index (χ1) is 13.4. The number of benzene rings is 2. The number of rotatable bonds is 3. The molecule has 4 rings (SSSR count). The minimum atomic E-state index is -4.40. The molecular formula is C22H21F3N2O. The highest BCUT2D eigenvalue weighted by molar-refractivity contribution is 6.02. The number of hydrogen-bond donors (Lipinski definition) is 1. The van der Waals surface area contributed by atoms with Gasteiger partial charge < -0.3 is 5.32 Å². The Labute approximate surface area is 161 Å². The fraction of sp³-hybridized carbons (Fsp3) is 0.318. The summed E-state index contributed by atoms with van der Waals surface area (Å²) in [5.74, 6) is -0.364. The van der Waals surface area contributed by atoms with Crippen LogP contribution in [0.25, 0.3) is 6.08 Å². The Hall–Kier alpha value is -2.60. The average Bonchev–Trinajstić information content (AvgIpc) is 3.15. The van der Waals surface area contributed by atoms with Gasteiger partial charge in [0.05, 0.1) is 5.56 Å². The van der Waals surface area contributed by atoms with Crippen LogP contribution in [0, 0.1) is 0 Å². The lowest BCUT2D eigenvalue weighted by Gasteiger charge is -2.32. The zero-order valence-electron chi connectivity index (χ0n) is 15.3. The number of halogens is 3. The Morgan fingerprint density at radius 1 is 1.14 bits per heavy atom. The van der Waals surface area contributed by atoms with Gasteiger partial charge in [0.25, 0.3) is 0 Å². The molecule has 2 aromatic carbocycles. The second-order valence-corrected chi connectivity index (χ2v) is 7.30. The summed E-state index contributed by atoms with van der Waals surface area (Å²) in [6, 6.07) is 11.3. The number of anilines is 1. The summed E-state index contributed by atoms with van der Waals surface area (Å²) in [4.78, 5) is 14.7. The molecule has 0 aromatic heterocycles. The summed E-state index contributed by atoms with van der Waals surface area (Å²) in [7, 11) is 0. The summed E-state index contributed by atoms with van der Waals surface area (Å²) >= 11 is 0. The van der Waals surface area contributed by atoms with Crippen molar-refractivity contribution in [1.29, 1.82) is 0 Å². The molecule has 0 saturated carbocycles. The molecule has 1 amide bonds. The number of alkyl halides is 3. The Bertz CT molecular complexity index is 920. The SMILES string of the molecule is O=C(/C=C/c1cccc(C(F)(F)F)c1)Nc1ccc2c(c1)C1CCCN1CC2. The van der Waals surface area contributed by atoms with Crippen molar-refractivity contribution in [3.05, 3.63) is 70.8 Å². The Kier molecular flexibility index (Phi) is 4.98. The highest BCUT2D eigenvalue weighted by atomic mass is 19.4. The van der Waals surface area contributed by atoms with Gasteiger partial charge in [0.2, 0.25) is 5.91 Å². The molecule has 28 heavy (non-hydrogen) atoms. The van der Waals surface area contributed by atoms with Crippen molar-refractivity contribution in [2.24, 2.45) is 0 Å². The van der Waals surface area contributed by atoms with Gasteiger partial charge in [-0.3, -0.25) is 9.69 Å². The summed E-state index contributed by atoms with van der Waals surface area (Å²) in [5, 5.41) is 2.82. The number of nitrogens with zero attached hydrogens (tertiary/aromatic N) is 1. The molecule has 3 nitrogen and oxygen atoms in total. The second kappa shape index (κ2) is 7.43. The van der Waals surface area contributed by atoms with Crippen LogP contribution in [-0.4, -0.2) is 23.9 Å². The van der Waals surface area contributed by atoms with E-state index in [1.54, 1.807) is 0 Å². The molecule has 1 saturated heterocycles. The number of nitrogens with one attached hydrogen (secondary N) is 1. The average molecular weight is 386 g/mol. The van der Waals surface area contributed by atoms with Gasteiger partial charge in [-0.2, -0.15) is 13.2 Å². The van der Waals surface area contributed by atoms with Gasteiger partial charge in [0.15, 0.2) is 0 Å². The van der Waals surface area contributed by atoms with E-state index in [9.17, 15) is 18.0 Å². The standard InChI is InChI=1S/C22H21F3N2O/c23-22(24,25)17-4-1-3-15(13-17)6-9-21(28)26-18-8-7-16-10-12-27-11-2-5-20(27)19(16)14-18/h1,3-4,6-9,13-14,20H,2,5,10-12H2,(H,26,28)/b9-6+. The normalized spacial score (nSPS) is 19.5. The number of amides is 1. The van der Waals surface area contributed by atoms with Crippen molar-refractivity contribution >= 4 is 17.7 Å². The first-order valence-corrected chi connectivity index (χ1v) is 9.43. The van der Waals surface area contributed by atoms with Crippen LogP contribution < -0.4 is 5.32 Å². The molecule has 2 aliphatic heterocycles. The fourth-order valence-electron chi connectivity index (χ4n) is 4.10. The molecule has 1 atom stereocenters. The van der Waals surface area contributed by atoms with E-state index in [-0.39, 0.29) is 5.91 Å². The van der Waals surface area contributed by atoms with Gasteiger partial charge >= 0.3 is 6.18 Å². The smallest absolute Gasteiger partial charge is 0.323 e. The lowest BCUT2D eigenvalue weighted by molar-refractivity contribution is -0.137. The van der Waals surface area contributed by atoms with E-state index in [0.29, 0.717) is 17.3 Å². The van der Waals surface area contributed by atoms with Gasteiger partial charge in [0.1, 0.15) is 0 Å². The molecule has 2 aromatic rings. The maximum absolute atomic E-state index is 12.8. The predicted molar refractivity (Wildman–Crippen MR) is 103 cm³/mol. The molecular weight excluding hydrogens is 365 g/mol. The van der Waals surface area contributed by atoms with Gasteiger partial charge in [-0.05, 0) is 72.8 Å². The quantitative estimate of drug-likeness (QED) is 0.749. The molecule has 6 heteroatoms. The topological polar surface area (TPSA) is 32.3 Å². The van der Waals surface area contributed by atoms with E-state index in [4.69, 9.17) is 0 Å². The minimum Gasteiger partial charge on any atom is -0.323 e. The van der Waals surface area contributed by atoms with E-state index < -0.39 is 11.7 Å². The molecule has 1 unspecified atom stereocenters. The fourth-order valence-corrected chi connectivity index (χ4v) is 4.10. The van der Waals surface area contributed by atoms with Crippen LogP contribution in [0.5, 0.6) is 0 Å². The Morgan fingerprint density at radius 3 is 2.82 bits per heavy atom. The third-order valence-electron chi connectivity index (χ3n) is 5.45. The van der Waals surface area contributed by atoms with Crippen molar-refractivity contribution in [1.82, 2.24) is 4.90 Å². The summed E-state index contributed by atoms with van der Waals surface area (Å²) < 4.78 is 38.3.